The molecule has 0 radical (unpaired) electrons. The van der Waals surface area contributed by atoms with E-state index in [1.165, 1.54) is 10.7 Å². The second-order valence-electron chi connectivity index (χ2n) is 6.23. The SMILES string of the molecule is COc1ccc(CNc2ncc(C(=O)O)c3nc(-c4ccccn4)nn23)cc1OC. The Morgan fingerprint density at radius 1 is 1.13 bits per heavy atom. The van der Waals surface area contributed by atoms with E-state index in [0.29, 0.717) is 35.5 Å². The van der Waals surface area contributed by atoms with Crippen LogP contribution in [-0.2, 0) is 6.54 Å². The van der Waals surface area contributed by atoms with Crippen molar-refractivity contribution in [3.8, 4) is 23.0 Å². The molecule has 1 aromatic carbocycles. The summed E-state index contributed by atoms with van der Waals surface area (Å²) < 4.78 is 11.9. The molecule has 30 heavy (non-hydrogen) atoms. The standard InChI is InChI=1S/C20H18N6O4/c1-29-15-7-6-12(9-16(15)30-2)10-22-20-23-11-13(19(27)28)18-24-17(25-26(18)20)14-5-3-4-8-21-14/h3-9,11H,10H2,1-2H3,(H,22,23)(H,27,28). The van der Waals surface area contributed by atoms with E-state index < -0.39 is 5.97 Å². The van der Waals surface area contributed by atoms with Crippen molar-refractivity contribution in [2.75, 3.05) is 19.5 Å². The first-order chi connectivity index (χ1) is 14.6. The Bertz CT molecular complexity index is 1210. The number of hydrogen-bond acceptors (Lipinski definition) is 8. The van der Waals surface area contributed by atoms with Crippen LogP contribution in [-0.4, -0.2) is 49.9 Å². The summed E-state index contributed by atoms with van der Waals surface area (Å²) in [5.74, 6) is 0.747. The third kappa shape index (κ3) is 3.58. The first kappa shape index (κ1) is 19.1. The van der Waals surface area contributed by atoms with Crippen LogP contribution in [0.5, 0.6) is 11.5 Å². The second-order valence-corrected chi connectivity index (χ2v) is 6.23. The molecular weight excluding hydrogens is 388 g/mol. The summed E-state index contributed by atoms with van der Waals surface area (Å²) in [6, 6.07) is 10.9. The van der Waals surface area contributed by atoms with E-state index in [0.717, 1.165) is 5.56 Å². The molecule has 0 aliphatic heterocycles. The lowest BCUT2D eigenvalue weighted by Gasteiger charge is -2.11. The van der Waals surface area contributed by atoms with Crippen LogP contribution in [0.15, 0.2) is 48.8 Å². The lowest BCUT2D eigenvalue weighted by molar-refractivity contribution is 0.0698. The Labute approximate surface area is 171 Å². The smallest absolute Gasteiger partial charge is 0.341 e. The van der Waals surface area contributed by atoms with Gasteiger partial charge in [0.2, 0.25) is 11.8 Å². The van der Waals surface area contributed by atoms with Crippen LogP contribution in [0.1, 0.15) is 15.9 Å². The Kier molecular flexibility index (Phi) is 5.12. The predicted molar refractivity (Wildman–Crippen MR) is 108 cm³/mol. The van der Waals surface area contributed by atoms with E-state index in [1.807, 2.05) is 12.1 Å². The molecule has 3 heterocycles. The van der Waals surface area contributed by atoms with Crippen molar-refractivity contribution in [2.24, 2.45) is 0 Å². The van der Waals surface area contributed by atoms with Crippen LogP contribution in [0.25, 0.3) is 17.2 Å². The quantitative estimate of drug-likeness (QED) is 0.476. The number of anilines is 1. The number of carbonyl (C=O) groups is 1. The van der Waals surface area contributed by atoms with Gasteiger partial charge in [0.05, 0.1) is 14.2 Å². The number of hydrogen-bond donors (Lipinski definition) is 2. The number of carboxylic acids is 1. The largest absolute Gasteiger partial charge is 0.493 e. The molecule has 4 aromatic rings. The minimum absolute atomic E-state index is 0.0543. The Hall–Kier alpha value is -4.21. The number of carboxylic acid groups (broad SMARTS) is 1. The summed E-state index contributed by atoms with van der Waals surface area (Å²) in [4.78, 5) is 24.4. The van der Waals surface area contributed by atoms with Gasteiger partial charge in [0.25, 0.3) is 0 Å². The molecule has 10 nitrogen and oxygen atoms in total. The molecule has 0 saturated carbocycles. The number of aromatic nitrogens is 5. The molecule has 0 unspecified atom stereocenters. The molecule has 0 fully saturated rings. The van der Waals surface area contributed by atoms with E-state index in [4.69, 9.17) is 9.47 Å². The van der Waals surface area contributed by atoms with Crippen LogP contribution in [0.4, 0.5) is 5.95 Å². The van der Waals surface area contributed by atoms with Crippen molar-refractivity contribution >= 4 is 17.6 Å². The van der Waals surface area contributed by atoms with E-state index in [-0.39, 0.29) is 11.2 Å². The minimum Gasteiger partial charge on any atom is -0.493 e. The molecule has 10 heteroatoms. The van der Waals surface area contributed by atoms with Gasteiger partial charge in [-0.1, -0.05) is 12.1 Å². The third-order valence-corrected chi connectivity index (χ3v) is 4.39. The molecule has 0 aliphatic carbocycles. The van der Waals surface area contributed by atoms with Gasteiger partial charge in [0.1, 0.15) is 11.3 Å². The van der Waals surface area contributed by atoms with Gasteiger partial charge in [0.15, 0.2) is 17.1 Å². The monoisotopic (exact) mass is 406 g/mol. The summed E-state index contributed by atoms with van der Waals surface area (Å²) >= 11 is 0. The van der Waals surface area contributed by atoms with Gasteiger partial charge in [-0.05, 0) is 29.8 Å². The van der Waals surface area contributed by atoms with Gasteiger partial charge in [-0.3, -0.25) is 4.98 Å². The number of rotatable bonds is 7. The maximum absolute atomic E-state index is 11.6. The van der Waals surface area contributed by atoms with Gasteiger partial charge >= 0.3 is 5.97 Å². The molecular formula is C20H18N6O4. The first-order valence-electron chi connectivity index (χ1n) is 8.96. The minimum atomic E-state index is -1.14. The maximum Gasteiger partial charge on any atom is 0.341 e. The average Bonchev–Trinajstić information content (AvgIpc) is 3.23. The normalized spacial score (nSPS) is 10.7. The van der Waals surface area contributed by atoms with E-state index in [2.05, 4.69) is 25.4 Å². The van der Waals surface area contributed by atoms with E-state index in [9.17, 15) is 9.90 Å². The number of pyridine rings is 1. The first-order valence-corrected chi connectivity index (χ1v) is 8.96. The number of aromatic carboxylic acids is 1. The highest BCUT2D eigenvalue weighted by molar-refractivity contribution is 5.94. The average molecular weight is 406 g/mol. The van der Waals surface area contributed by atoms with Crippen molar-refractivity contribution in [3.63, 3.8) is 0 Å². The molecule has 4 rings (SSSR count). The summed E-state index contributed by atoms with van der Waals surface area (Å²) in [6.45, 7) is 0.396. The lowest BCUT2D eigenvalue weighted by Crippen LogP contribution is -2.11. The molecule has 0 spiro atoms. The molecule has 0 bridgehead atoms. The summed E-state index contributed by atoms with van der Waals surface area (Å²) in [7, 11) is 3.14. The van der Waals surface area contributed by atoms with E-state index in [1.54, 1.807) is 44.7 Å². The summed E-state index contributed by atoms with van der Waals surface area (Å²) in [5, 5.41) is 17.1. The molecule has 152 valence electrons. The third-order valence-electron chi connectivity index (χ3n) is 4.39. The highest BCUT2D eigenvalue weighted by Crippen LogP contribution is 2.28. The zero-order valence-corrected chi connectivity index (χ0v) is 16.2. The Balaban J connectivity index is 1.70. The van der Waals surface area contributed by atoms with Crippen LogP contribution >= 0.6 is 0 Å². The fraction of sp³-hybridized carbons (Fsp3) is 0.150. The van der Waals surface area contributed by atoms with Crippen molar-refractivity contribution in [3.05, 3.63) is 59.9 Å². The van der Waals surface area contributed by atoms with Crippen molar-refractivity contribution < 1.29 is 19.4 Å². The molecule has 0 amide bonds. The van der Waals surface area contributed by atoms with Crippen LogP contribution in [0.2, 0.25) is 0 Å². The van der Waals surface area contributed by atoms with Crippen molar-refractivity contribution in [1.29, 1.82) is 0 Å². The number of ether oxygens (including phenoxy) is 2. The van der Waals surface area contributed by atoms with Gasteiger partial charge in [-0.25, -0.2) is 14.8 Å². The molecule has 2 N–H and O–H groups in total. The summed E-state index contributed by atoms with van der Waals surface area (Å²) in [6.07, 6.45) is 2.87. The van der Waals surface area contributed by atoms with Gasteiger partial charge in [-0.15, -0.1) is 5.10 Å². The van der Waals surface area contributed by atoms with Crippen LogP contribution in [0, 0.1) is 0 Å². The fourth-order valence-corrected chi connectivity index (χ4v) is 2.92. The Morgan fingerprint density at radius 2 is 1.97 bits per heavy atom. The van der Waals surface area contributed by atoms with Gasteiger partial charge in [0, 0.05) is 18.9 Å². The van der Waals surface area contributed by atoms with Crippen molar-refractivity contribution in [1.82, 2.24) is 24.6 Å². The van der Waals surface area contributed by atoms with Crippen molar-refractivity contribution in [2.45, 2.75) is 6.54 Å². The summed E-state index contributed by atoms with van der Waals surface area (Å²) in [5.41, 5.74) is 1.56. The van der Waals surface area contributed by atoms with E-state index >= 15 is 0 Å². The number of benzene rings is 1. The number of fused-ring (bicyclic) bond motifs is 1. The predicted octanol–water partition coefficient (Wildman–Crippen LogP) is 2.51. The van der Waals surface area contributed by atoms with Crippen LogP contribution < -0.4 is 14.8 Å². The number of methoxy groups -OCH3 is 2. The molecule has 0 aliphatic rings. The molecule has 0 atom stereocenters. The van der Waals surface area contributed by atoms with Gasteiger partial charge < -0.3 is 19.9 Å². The molecule has 0 saturated heterocycles. The Morgan fingerprint density at radius 3 is 2.67 bits per heavy atom. The zero-order chi connectivity index (χ0) is 21.1. The second kappa shape index (κ2) is 8.03. The topological polar surface area (TPSA) is 124 Å². The number of nitrogens with zero attached hydrogens (tertiary/aromatic N) is 5. The molecule has 3 aromatic heterocycles. The number of nitrogens with one attached hydrogen (secondary N) is 1. The highest BCUT2D eigenvalue weighted by Gasteiger charge is 2.18. The van der Waals surface area contributed by atoms with Gasteiger partial charge in [-0.2, -0.15) is 4.52 Å². The fourth-order valence-electron chi connectivity index (χ4n) is 2.92. The zero-order valence-electron chi connectivity index (χ0n) is 16.2. The maximum atomic E-state index is 11.6. The lowest BCUT2D eigenvalue weighted by atomic mass is 10.2. The van der Waals surface area contributed by atoms with Crippen LogP contribution in [0.3, 0.4) is 0 Å². The highest BCUT2D eigenvalue weighted by atomic mass is 16.5.